The lowest BCUT2D eigenvalue weighted by atomic mass is 10.1. The van der Waals surface area contributed by atoms with Crippen molar-refractivity contribution in [2.24, 2.45) is 5.92 Å². The minimum absolute atomic E-state index is 0.00893. The summed E-state index contributed by atoms with van der Waals surface area (Å²) in [4.78, 5) is 11.6. The fourth-order valence-electron chi connectivity index (χ4n) is 1.57. The number of para-hydroxylation sites is 1. The number of aliphatic hydroxyl groups is 1. The molecule has 0 saturated heterocycles. The standard InChI is InChI=1S/C14H19F2NO3/c1-3-20-12-7-5-4-6-11(12)14(15,16)13(19)17-8-10(2)9-18/h4-7,10,18H,3,8-9H2,1-2H3,(H,17,19). The lowest BCUT2D eigenvalue weighted by Gasteiger charge is -2.20. The van der Waals surface area contributed by atoms with Crippen molar-refractivity contribution < 1.29 is 23.4 Å². The van der Waals surface area contributed by atoms with E-state index in [9.17, 15) is 13.6 Å². The average Bonchev–Trinajstić information content (AvgIpc) is 2.45. The van der Waals surface area contributed by atoms with Gasteiger partial charge in [-0.2, -0.15) is 8.78 Å². The molecule has 0 spiro atoms. The molecular weight excluding hydrogens is 268 g/mol. The summed E-state index contributed by atoms with van der Waals surface area (Å²) in [6.45, 7) is 3.36. The van der Waals surface area contributed by atoms with Crippen LogP contribution in [0.15, 0.2) is 24.3 Å². The third kappa shape index (κ3) is 3.90. The SMILES string of the molecule is CCOc1ccccc1C(F)(F)C(=O)NCC(C)CO. The minimum Gasteiger partial charge on any atom is -0.493 e. The number of ether oxygens (including phenoxy) is 1. The summed E-state index contributed by atoms with van der Waals surface area (Å²) in [6.07, 6.45) is 0. The smallest absolute Gasteiger partial charge is 0.353 e. The fraction of sp³-hybridized carbons (Fsp3) is 0.500. The van der Waals surface area contributed by atoms with Crippen LogP contribution in [0.2, 0.25) is 0 Å². The molecule has 0 aromatic heterocycles. The Kier molecular flexibility index (Phi) is 5.88. The van der Waals surface area contributed by atoms with E-state index in [1.54, 1.807) is 19.9 Å². The Balaban J connectivity index is 2.89. The van der Waals surface area contributed by atoms with Crippen LogP contribution >= 0.6 is 0 Å². The van der Waals surface area contributed by atoms with Gasteiger partial charge in [-0.15, -0.1) is 0 Å². The van der Waals surface area contributed by atoms with Crippen molar-refractivity contribution in [2.75, 3.05) is 19.8 Å². The quantitative estimate of drug-likeness (QED) is 0.805. The van der Waals surface area contributed by atoms with Crippen LogP contribution in [0.4, 0.5) is 8.78 Å². The van der Waals surface area contributed by atoms with Crippen LogP contribution in [0.1, 0.15) is 19.4 Å². The molecule has 1 amide bonds. The number of hydrogen-bond donors (Lipinski definition) is 2. The molecule has 0 bridgehead atoms. The number of benzene rings is 1. The maximum absolute atomic E-state index is 14.1. The Morgan fingerprint density at radius 3 is 2.70 bits per heavy atom. The zero-order chi connectivity index (χ0) is 15.2. The highest BCUT2D eigenvalue weighted by atomic mass is 19.3. The minimum atomic E-state index is -3.68. The van der Waals surface area contributed by atoms with Crippen molar-refractivity contribution >= 4 is 5.91 Å². The molecule has 1 unspecified atom stereocenters. The van der Waals surface area contributed by atoms with E-state index in [4.69, 9.17) is 9.84 Å². The molecule has 1 aromatic rings. The molecule has 4 nitrogen and oxygen atoms in total. The molecule has 6 heteroatoms. The first-order chi connectivity index (χ1) is 9.43. The van der Waals surface area contributed by atoms with Crippen molar-refractivity contribution in [3.63, 3.8) is 0 Å². The van der Waals surface area contributed by atoms with Gasteiger partial charge in [0, 0.05) is 13.2 Å². The van der Waals surface area contributed by atoms with E-state index in [0.29, 0.717) is 0 Å². The first kappa shape index (κ1) is 16.4. The molecule has 0 radical (unpaired) electrons. The number of alkyl halides is 2. The summed E-state index contributed by atoms with van der Waals surface area (Å²) in [5.74, 6) is -5.37. The van der Waals surface area contributed by atoms with Crippen LogP contribution < -0.4 is 10.1 Å². The fourth-order valence-corrected chi connectivity index (χ4v) is 1.57. The van der Waals surface area contributed by atoms with Crippen LogP contribution in [0.3, 0.4) is 0 Å². The summed E-state index contributed by atoms with van der Waals surface area (Å²) >= 11 is 0. The molecule has 112 valence electrons. The number of hydrogen-bond acceptors (Lipinski definition) is 3. The third-order valence-electron chi connectivity index (χ3n) is 2.73. The normalized spacial score (nSPS) is 12.8. The molecule has 20 heavy (non-hydrogen) atoms. The van der Waals surface area contributed by atoms with Gasteiger partial charge in [0.2, 0.25) is 0 Å². The van der Waals surface area contributed by atoms with E-state index < -0.39 is 17.4 Å². The number of rotatable bonds is 7. The predicted octanol–water partition coefficient (Wildman–Crippen LogP) is 1.92. The molecule has 0 heterocycles. The highest BCUT2D eigenvalue weighted by molar-refractivity contribution is 5.85. The van der Waals surface area contributed by atoms with Gasteiger partial charge in [0.1, 0.15) is 5.75 Å². The van der Waals surface area contributed by atoms with Crippen LogP contribution in [0.25, 0.3) is 0 Å². The van der Waals surface area contributed by atoms with Gasteiger partial charge < -0.3 is 15.2 Å². The van der Waals surface area contributed by atoms with Gasteiger partial charge in [-0.25, -0.2) is 0 Å². The van der Waals surface area contributed by atoms with Gasteiger partial charge in [0.15, 0.2) is 0 Å². The largest absolute Gasteiger partial charge is 0.493 e. The lowest BCUT2D eigenvalue weighted by Crippen LogP contribution is -2.40. The van der Waals surface area contributed by atoms with Gasteiger partial charge in [0.05, 0.1) is 12.2 Å². The van der Waals surface area contributed by atoms with Gasteiger partial charge in [0.25, 0.3) is 5.91 Å². The summed E-state index contributed by atoms with van der Waals surface area (Å²) < 4.78 is 33.4. The first-order valence-electron chi connectivity index (χ1n) is 6.42. The van der Waals surface area contributed by atoms with Gasteiger partial charge in [-0.05, 0) is 25.0 Å². The Bertz CT molecular complexity index is 452. The topological polar surface area (TPSA) is 58.6 Å². The van der Waals surface area contributed by atoms with Crippen molar-refractivity contribution in [3.05, 3.63) is 29.8 Å². The molecule has 1 rings (SSSR count). The van der Waals surface area contributed by atoms with Crippen molar-refractivity contribution in [3.8, 4) is 5.75 Å². The summed E-state index contributed by atoms with van der Waals surface area (Å²) in [5, 5.41) is 11.0. The van der Waals surface area contributed by atoms with Crippen LogP contribution in [-0.2, 0) is 10.7 Å². The Labute approximate surface area is 116 Å². The zero-order valence-corrected chi connectivity index (χ0v) is 11.5. The molecule has 0 aliphatic heterocycles. The van der Waals surface area contributed by atoms with E-state index >= 15 is 0 Å². The van der Waals surface area contributed by atoms with Crippen LogP contribution in [0, 0.1) is 5.92 Å². The number of halogens is 2. The number of nitrogens with one attached hydrogen (secondary N) is 1. The molecule has 0 aliphatic carbocycles. The summed E-state index contributed by atoms with van der Waals surface area (Å²) in [7, 11) is 0. The average molecular weight is 287 g/mol. The van der Waals surface area contributed by atoms with Crippen molar-refractivity contribution in [1.82, 2.24) is 5.32 Å². The monoisotopic (exact) mass is 287 g/mol. The molecular formula is C14H19F2NO3. The molecule has 0 saturated carbocycles. The summed E-state index contributed by atoms with van der Waals surface area (Å²) in [5.41, 5.74) is -0.462. The van der Waals surface area contributed by atoms with E-state index in [0.717, 1.165) is 0 Å². The second-order valence-corrected chi connectivity index (χ2v) is 4.50. The number of aliphatic hydroxyl groups excluding tert-OH is 1. The van der Waals surface area contributed by atoms with E-state index in [-0.39, 0.29) is 31.4 Å². The van der Waals surface area contributed by atoms with Crippen molar-refractivity contribution in [1.29, 1.82) is 0 Å². The zero-order valence-electron chi connectivity index (χ0n) is 11.5. The third-order valence-corrected chi connectivity index (χ3v) is 2.73. The molecule has 2 N–H and O–H groups in total. The van der Waals surface area contributed by atoms with E-state index in [2.05, 4.69) is 5.32 Å². The number of carbonyl (C=O) groups is 1. The lowest BCUT2D eigenvalue weighted by molar-refractivity contribution is -0.147. The second-order valence-electron chi connectivity index (χ2n) is 4.50. The highest BCUT2D eigenvalue weighted by Gasteiger charge is 2.43. The Morgan fingerprint density at radius 1 is 1.45 bits per heavy atom. The molecule has 0 aliphatic rings. The number of amides is 1. The Morgan fingerprint density at radius 2 is 2.10 bits per heavy atom. The van der Waals surface area contributed by atoms with Gasteiger partial charge >= 0.3 is 5.92 Å². The molecule has 1 atom stereocenters. The molecule has 1 aromatic carbocycles. The van der Waals surface area contributed by atoms with E-state index in [1.165, 1.54) is 18.2 Å². The maximum atomic E-state index is 14.1. The van der Waals surface area contributed by atoms with E-state index in [1.807, 2.05) is 0 Å². The van der Waals surface area contributed by atoms with Crippen molar-refractivity contribution in [2.45, 2.75) is 19.8 Å². The number of carbonyl (C=O) groups excluding carboxylic acids is 1. The maximum Gasteiger partial charge on any atom is 0.353 e. The second kappa shape index (κ2) is 7.19. The van der Waals surface area contributed by atoms with Crippen LogP contribution in [-0.4, -0.2) is 30.8 Å². The highest BCUT2D eigenvalue weighted by Crippen LogP contribution is 2.35. The predicted molar refractivity (Wildman–Crippen MR) is 70.8 cm³/mol. The molecule has 0 fully saturated rings. The summed E-state index contributed by atoms with van der Waals surface area (Å²) in [6, 6.07) is 5.56. The Hall–Kier alpha value is -1.69. The van der Waals surface area contributed by atoms with Crippen LogP contribution in [0.5, 0.6) is 5.75 Å². The first-order valence-corrected chi connectivity index (χ1v) is 6.42. The van der Waals surface area contributed by atoms with Gasteiger partial charge in [-0.1, -0.05) is 19.1 Å². The van der Waals surface area contributed by atoms with Gasteiger partial charge in [-0.3, -0.25) is 4.79 Å².